The summed E-state index contributed by atoms with van der Waals surface area (Å²) in [5.74, 6) is 0.0893. The van der Waals surface area contributed by atoms with E-state index in [9.17, 15) is 9.18 Å². The van der Waals surface area contributed by atoms with Crippen LogP contribution in [0.2, 0.25) is 0 Å². The molecule has 1 aromatic heterocycles. The maximum atomic E-state index is 13.1. The molecule has 7 heteroatoms. The lowest BCUT2D eigenvalue weighted by molar-refractivity contribution is -0.123. The van der Waals surface area contributed by atoms with Crippen molar-refractivity contribution in [1.29, 1.82) is 0 Å². The molecule has 0 unspecified atom stereocenters. The van der Waals surface area contributed by atoms with Crippen LogP contribution in [0.3, 0.4) is 0 Å². The molecule has 112 valence electrons. The van der Waals surface area contributed by atoms with E-state index in [0.29, 0.717) is 17.3 Å². The van der Waals surface area contributed by atoms with E-state index in [-0.39, 0.29) is 24.3 Å². The van der Waals surface area contributed by atoms with Crippen molar-refractivity contribution in [2.75, 3.05) is 0 Å². The molecule has 0 saturated heterocycles. The second-order valence-electron chi connectivity index (χ2n) is 5.25. The number of aromatic nitrogens is 4. The van der Waals surface area contributed by atoms with Gasteiger partial charge >= 0.3 is 0 Å². The molecular weight excluding hydrogens is 273 g/mol. The minimum atomic E-state index is -0.368. The summed E-state index contributed by atoms with van der Waals surface area (Å²) >= 11 is 0. The van der Waals surface area contributed by atoms with E-state index in [2.05, 4.69) is 20.7 Å². The third kappa shape index (κ3) is 4.08. The second-order valence-corrected chi connectivity index (χ2v) is 5.25. The van der Waals surface area contributed by atoms with Gasteiger partial charge in [-0.3, -0.25) is 4.79 Å². The Morgan fingerprint density at radius 1 is 1.38 bits per heavy atom. The number of nitrogens with one attached hydrogen (secondary N) is 1. The summed E-state index contributed by atoms with van der Waals surface area (Å²) in [5.41, 5.74) is 0.525. The van der Waals surface area contributed by atoms with E-state index < -0.39 is 0 Å². The number of carbonyl (C=O) groups excluding carboxylic acids is 1. The van der Waals surface area contributed by atoms with Crippen LogP contribution < -0.4 is 5.32 Å². The zero-order chi connectivity index (χ0) is 15.4. The van der Waals surface area contributed by atoms with Crippen LogP contribution in [0.4, 0.5) is 4.39 Å². The normalized spacial score (nSPS) is 12.4. The highest BCUT2D eigenvalue weighted by atomic mass is 19.1. The summed E-state index contributed by atoms with van der Waals surface area (Å²) in [6.07, 6.45) is 0. The first kappa shape index (κ1) is 15.1. The third-order valence-corrected chi connectivity index (χ3v) is 3.21. The number of hydrogen-bond donors (Lipinski definition) is 1. The summed E-state index contributed by atoms with van der Waals surface area (Å²) in [4.78, 5) is 13.0. The first-order valence-electron chi connectivity index (χ1n) is 6.79. The predicted octanol–water partition coefficient (Wildman–Crippen LogP) is 1.64. The van der Waals surface area contributed by atoms with Crippen molar-refractivity contribution >= 4 is 5.91 Å². The molecule has 6 nitrogen and oxygen atoms in total. The van der Waals surface area contributed by atoms with Gasteiger partial charge in [-0.25, -0.2) is 4.39 Å². The maximum Gasteiger partial charge on any atom is 0.243 e. The van der Waals surface area contributed by atoms with Gasteiger partial charge in [-0.05, 0) is 30.2 Å². The highest BCUT2D eigenvalue weighted by Crippen LogP contribution is 2.14. The molecule has 0 aliphatic carbocycles. The minimum Gasteiger partial charge on any atom is -0.352 e. The van der Waals surface area contributed by atoms with Gasteiger partial charge in [-0.1, -0.05) is 26.0 Å². The van der Waals surface area contributed by atoms with Crippen molar-refractivity contribution in [2.24, 2.45) is 5.92 Å². The van der Waals surface area contributed by atoms with Gasteiger partial charge in [-0.15, -0.1) is 10.2 Å². The van der Waals surface area contributed by atoms with Gasteiger partial charge in [0.05, 0.1) is 0 Å². The highest BCUT2D eigenvalue weighted by molar-refractivity contribution is 5.75. The zero-order valence-corrected chi connectivity index (χ0v) is 12.2. The van der Waals surface area contributed by atoms with Gasteiger partial charge in [0.25, 0.3) is 0 Å². The number of rotatable bonds is 5. The summed E-state index contributed by atoms with van der Waals surface area (Å²) < 4.78 is 13.1. The van der Waals surface area contributed by atoms with Crippen LogP contribution in [0.5, 0.6) is 0 Å². The average molecular weight is 291 g/mol. The fourth-order valence-electron chi connectivity index (χ4n) is 1.65. The summed E-state index contributed by atoms with van der Waals surface area (Å²) in [5, 5.41) is 14.6. The third-order valence-electron chi connectivity index (χ3n) is 3.21. The molecule has 0 radical (unpaired) electrons. The van der Waals surface area contributed by atoms with Crippen molar-refractivity contribution in [2.45, 2.75) is 33.4 Å². The standard InChI is InChI=1S/C14H18FN5O/c1-9(2)10(3)16-13(21)8-20-18-14(17-19-20)11-5-4-6-12(15)7-11/h4-7,9-10H,8H2,1-3H3,(H,16,21)/t10-/m0/s1. The molecule has 1 N–H and O–H groups in total. The Hall–Kier alpha value is -2.31. The molecule has 0 spiro atoms. The Kier molecular flexibility index (Phi) is 4.62. The van der Waals surface area contributed by atoms with Crippen molar-refractivity contribution in [3.63, 3.8) is 0 Å². The van der Waals surface area contributed by atoms with Gasteiger partial charge in [-0.2, -0.15) is 4.80 Å². The Bertz CT molecular complexity index is 625. The van der Waals surface area contributed by atoms with Gasteiger partial charge in [0.2, 0.25) is 11.7 Å². The molecule has 21 heavy (non-hydrogen) atoms. The largest absolute Gasteiger partial charge is 0.352 e. The SMILES string of the molecule is CC(C)[C@H](C)NC(=O)Cn1nnc(-c2cccc(F)c2)n1. The average Bonchev–Trinajstić information content (AvgIpc) is 2.86. The summed E-state index contributed by atoms with van der Waals surface area (Å²) in [7, 11) is 0. The molecule has 1 amide bonds. The molecule has 1 atom stereocenters. The van der Waals surface area contributed by atoms with Crippen LogP contribution >= 0.6 is 0 Å². The quantitative estimate of drug-likeness (QED) is 0.909. The topological polar surface area (TPSA) is 72.7 Å². The Morgan fingerprint density at radius 3 is 2.81 bits per heavy atom. The number of halogens is 1. The first-order valence-corrected chi connectivity index (χ1v) is 6.79. The van der Waals surface area contributed by atoms with Gasteiger partial charge < -0.3 is 5.32 Å². The number of amides is 1. The predicted molar refractivity (Wildman–Crippen MR) is 75.7 cm³/mol. The van der Waals surface area contributed by atoms with E-state index in [1.165, 1.54) is 16.9 Å². The first-order chi connectivity index (χ1) is 9.95. The van der Waals surface area contributed by atoms with E-state index in [4.69, 9.17) is 0 Å². The molecule has 0 saturated carbocycles. The summed E-state index contributed by atoms with van der Waals surface area (Å²) in [6, 6.07) is 5.99. The van der Waals surface area contributed by atoms with Gasteiger partial charge in [0.15, 0.2) is 0 Å². The lowest BCUT2D eigenvalue weighted by atomic mass is 10.1. The Morgan fingerprint density at radius 2 is 2.14 bits per heavy atom. The van der Waals surface area contributed by atoms with Crippen LogP contribution in [0.1, 0.15) is 20.8 Å². The number of tetrazole rings is 1. The molecule has 0 aliphatic rings. The van der Waals surface area contributed by atoms with E-state index >= 15 is 0 Å². The van der Waals surface area contributed by atoms with Crippen LogP contribution in [-0.2, 0) is 11.3 Å². The Labute approximate surface area is 122 Å². The van der Waals surface area contributed by atoms with Crippen LogP contribution in [0, 0.1) is 11.7 Å². The maximum absolute atomic E-state index is 13.1. The molecule has 2 rings (SSSR count). The number of nitrogens with zero attached hydrogens (tertiary/aromatic N) is 4. The fourth-order valence-corrected chi connectivity index (χ4v) is 1.65. The number of benzene rings is 1. The Balaban J connectivity index is 2.02. The van der Waals surface area contributed by atoms with Crippen LogP contribution in [0.15, 0.2) is 24.3 Å². The van der Waals surface area contributed by atoms with E-state index in [1.807, 2.05) is 20.8 Å². The van der Waals surface area contributed by atoms with Crippen molar-refractivity contribution in [3.8, 4) is 11.4 Å². The van der Waals surface area contributed by atoms with E-state index in [1.54, 1.807) is 12.1 Å². The number of carbonyl (C=O) groups is 1. The molecule has 0 fully saturated rings. The monoisotopic (exact) mass is 291 g/mol. The van der Waals surface area contributed by atoms with Crippen LogP contribution in [0.25, 0.3) is 11.4 Å². The second kappa shape index (κ2) is 6.43. The minimum absolute atomic E-state index is 0.0145. The van der Waals surface area contributed by atoms with E-state index in [0.717, 1.165) is 0 Å². The lowest BCUT2D eigenvalue weighted by Crippen LogP contribution is -2.38. The zero-order valence-electron chi connectivity index (χ0n) is 12.2. The molecule has 0 aliphatic heterocycles. The van der Waals surface area contributed by atoms with Crippen molar-refractivity contribution < 1.29 is 9.18 Å². The molecule has 2 aromatic rings. The molecule has 1 heterocycles. The van der Waals surface area contributed by atoms with Crippen molar-refractivity contribution in [1.82, 2.24) is 25.5 Å². The summed E-state index contributed by atoms with van der Waals surface area (Å²) in [6.45, 7) is 5.98. The lowest BCUT2D eigenvalue weighted by Gasteiger charge is -2.16. The number of hydrogen-bond acceptors (Lipinski definition) is 4. The van der Waals surface area contributed by atoms with Gasteiger partial charge in [0.1, 0.15) is 12.4 Å². The highest BCUT2D eigenvalue weighted by Gasteiger charge is 2.13. The molecule has 0 bridgehead atoms. The molecular formula is C14H18FN5O. The van der Waals surface area contributed by atoms with Crippen LogP contribution in [-0.4, -0.2) is 32.2 Å². The smallest absolute Gasteiger partial charge is 0.243 e. The fraction of sp³-hybridized carbons (Fsp3) is 0.429. The van der Waals surface area contributed by atoms with Gasteiger partial charge in [0, 0.05) is 11.6 Å². The molecule has 1 aromatic carbocycles. The van der Waals surface area contributed by atoms with Crippen molar-refractivity contribution in [3.05, 3.63) is 30.1 Å².